The van der Waals surface area contributed by atoms with Gasteiger partial charge in [-0.25, -0.2) is 4.79 Å². The Balaban J connectivity index is 2.47. The lowest BCUT2D eigenvalue weighted by Gasteiger charge is -2.40. The van der Waals surface area contributed by atoms with Gasteiger partial charge < -0.3 is 14.3 Å². The van der Waals surface area contributed by atoms with Gasteiger partial charge in [0.1, 0.15) is 12.2 Å². The fourth-order valence-electron chi connectivity index (χ4n) is 2.51. The number of hydrogen-bond acceptors (Lipinski definition) is 5. The number of alkyl halides is 2. The summed E-state index contributed by atoms with van der Waals surface area (Å²) in [4.78, 5) is 25.5. The van der Waals surface area contributed by atoms with Gasteiger partial charge in [-0.05, 0) is 25.1 Å². The minimum Gasteiger partial charge on any atom is -0.405 e. The molecule has 148 valence electrons. The van der Waals surface area contributed by atoms with Crippen molar-refractivity contribution in [1.82, 2.24) is 9.55 Å². The lowest BCUT2D eigenvalue weighted by molar-refractivity contribution is -0.138. The molecule has 0 unspecified atom stereocenters. The first kappa shape index (κ1) is 20.9. The van der Waals surface area contributed by atoms with Crippen LogP contribution in [0.1, 0.15) is 32.6 Å². The highest BCUT2D eigenvalue weighted by molar-refractivity contribution is 6.74. The number of rotatable bonds is 4. The summed E-state index contributed by atoms with van der Waals surface area (Å²) in [7, 11) is -2.60. The van der Waals surface area contributed by atoms with Crippen LogP contribution in [0.5, 0.6) is 0 Å². The van der Waals surface area contributed by atoms with Crippen molar-refractivity contribution in [3.63, 3.8) is 0 Å². The zero-order valence-corrected chi connectivity index (χ0v) is 16.8. The minimum atomic E-state index is -3.57. The smallest absolute Gasteiger partial charge is 0.330 e. The van der Waals surface area contributed by atoms with E-state index in [4.69, 9.17) is 9.16 Å². The molecule has 0 aliphatic carbocycles. The van der Waals surface area contributed by atoms with Crippen molar-refractivity contribution < 1.29 is 23.1 Å². The molecule has 1 aliphatic heterocycles. The van der Waals surface area contributed by atoms with Gasteiger partial charge in [-0.3, -0.25) is 14.3 Å². The van der Waals surface area contributed by atoms with Gasteiger partial charge in [-0.2, -0.15) is 8.78 Å². The molecule has 0 amide bonds. The molecule has 0 bridgehead atoms. The van der Waals surface area contributed by atoms with Crippen LogP contribution in [0.25, 0.3) is 0 Å². The number of hydrogen-bond donors (Lipinski definition) is 2. The molecule has 1 aliphatic rings. The molecule has 2 heterocycles. The van der Waals surface area contributed by atoms with E-state index in [1.807, 2.05) is 38.8 Å². The SMILES string of the molecule is Cc1cn([C@@H]2O[C@@H](CO)[C@H](O[Si](C)(C)C(C)(C)C)C2(F)F)c(=O)[nH]c1=O. The van der Waals surface area contributed by atoms with Gasteiger partial charge in [0.05, 0.1) is 6.61 Å². The molecule has 1 fully saturated rings. The summed E-state index contributed by atoms with van der Waals surface area (Å²) in [5.74, 6) is -3.57. The minimum absolute atomic E-state index is 0.0957. The Hall–Kier alpha value is -1.36. The molecule has 3 atom stereocenters. The molecule has 26 heavy (non-hydrogen) atoms. The molecule has 1 saturated heterocycles. The fraction of sp³-hybridized carbons (Fsp3) is 0.750. The van der Waals surface area contributed by atoms with Crippen molar-refractivity contribution in [1.29, 1.82) is 0 Å². The monoisotopic (exact) mass is 392 g/mol. The van der Waals surface area contributed by atoms with Crippen molar-refractivity contribution in [3.05, 3.63) is 32.6 Å². The third-order valence-corrected chi connectivity index (χ3v) is 9.61. The number of nitrogens with one attached hydrogen (secondary N) is 1. The van der Waals surface area contributed by atoms with Crippen LogP contribution >= 0.6 is 0 Å². The van der Waals surface area contributed by atoms with Crippen molar-refractivity contribution in [3.8, 4) is 0 Å². The number of nitrogens with zero attached hydrogens (tertiary/aromatic N) is 1. The molecular formula is C16H26F2N2O5Si. The standard InChI is InChI=1S/C16H26F2N2O5Si/c1-9-7-20(14(23)19-12(9)22)13-16(17,18)11(10(8-21)24-13)25-26(5,6)15(2,3)4/h7,10-11,13,21H,8H2,1-6H3,(H,19,22,23)/t10-,11-,13+/m0/s1. The summed E-state index contributed by atoms with van der Waals surface area (Å²) >= 11 is 0. The first-order chi connectivity index (χ1) is 11.7. The number of aliphatic hydroxyl groups excluding tert-OH is 1. The normalized spacial score (nSPS) is 26.3. The maximum absolute atomic E-state index is 15.1. The van der Waals surface area contributed by atoms with E-state index in [0.717, 1.165) is 6.20 Å². The van der Waals surface area contributed by atoms with Crippen LogP contribution in [-0.2, 0) is 9.16 Å². The van der Waals surface area contributed by atoms with E-state index in [0.29, 0.717) is 4.57 Å². The molecule has 2 N–H and O–H groups in total. The van der Waals surface area contributed by atoms with Crippen LogP contribution in [0.4, 0.5) is 8.78 Å². The van der Waals surface area contributed by atoms with Gasteiger partial charge >= 0.3 is 11.6 Å². The second-order valence-electron chi connectivity index (χ2n) is 8.16. The van der Waals surface area contributed by atoms with Crippen molar-refractivity contribution in [2.75, 3.05) is 6.61 Å². The first-order valence-corrected chi connectivity index (χ1v) is 11.3. The van der Waals surface area contributed by atoms with E-state index in [1.54, 1.807) is 0 Å². The van der Waals surface area contributed by atoms with E-state index in [9.17, 15) is 14.7 Å². The zero-order valence-electron chi connectivity index (χ0n) is 15.8. The molecule has 1 aromatic rings. The second-order valence-corrected chi connectivity index (χ2v) is 12.9. The molecule has 0 radical (unpaired) electrons. The largest absolute Gasteiger partial charge is 0.405 e. The van der Waals surface area contributed by atoms with Crippen LogP contribution in [0.15, 0.2) is 15.8 Å². The van der Waals surface area contributed by atoms with Gasteiger partial charge in [0.2, 0.25) is 6.23 Å². The molecule has 0 saturated carbocycles. The van der Waals surface area contributed by atoms with Crippen LogP contribution in [0.3, 0.4) is 0 Å². The summed E-state index contributed by atoms with van der Waals surface area (Å²) in [5, 5.41) is 9.21. The highest BCUT2D eigenvalue weighted by Gasteiger charge is 2.62. The molecule has 7 nitrogen and oxygen atoms in total. The number of aryl methyl sites for hydroxylation is 1. The average Bonchev–Trinajstić information content (AvgIpc) is 2.73. The lowest BCUT2D eigenvalue weighted by atomic mass is 10.1. The molecule has 0 spiro atoms. The Bertz CT molecular complexity index is 784. The predicted molar refractivity (Wildman–Crippen MR) is 94.1 cm³/mol. The molecule has 0 aromatic carbocycles. The quantitative estimate of drug-likeness (QED) is 0.762. The number of ether oxygens (including phenoxy) is 1. The van der Waals surface area contributed by atoms with Gasteiger partial charge in [-0.1, -0.05) is 20.8 Å². The Morgan fingerprint density at radius 2 is 1.96 bits per heavy atom. The highest BCUT2D eigenvalue weighted by Crippen LogP contribution is 2.47. The topological polar surface area (TPSA) is 93.6 Å². The maximum atomic E-state index is 15.1. The number of aromatic amines is 1. The van der Waals surface area contributed by atoms with Crippen molar-refractivity contribution in [2.24, 2.45) is 0 Å². The molecule has 2 rings (SSSR count). The van der Waals surface area contributed by atoms with Gasteiger partial charge in [0.15, 0.2) is 8.32 Å². The number of aromatic nitrogens is 2. The Labute approximate surface area is 151 Å². The zero-order chi connectivity index (χ0) is 20.1. The summed E-state index contributed by atoms with van der Waals surface area (Å²) in [6, 6.07) is 0. The first-order valence-electron chi connectivity index (χ1n) is 8.36. The molecule has 1 aromatic heterocycles. The van der Waals surface area contributed by atoms with Crippen molar-refractivity contribution >= 4 is 8.32 Å². The summed E-state index contributed by atoms with van der Waals surface area (Å²) in [6.45, 7) is 10.1. The van der Waals surface area contributed by atoms with Crippen LogP contribution < -0.4 is 11.2 Å². The number of aliphatic hydroxyl groups is 1. The van der Waals surface area contributed by atoms with Crippen molar-refractivity contribution in [2.45, 2.75) is 70.2 Å². The molecular weight excluding hydrogens is 366 g/mol. The summed E-state index contributed by atoms with van der Waals surface area (Å²) in [6.07, 6.45) is -3.93. The summed E-state index contributed by atoms with van der Waals surface area (Å²) < 4.78 is 42.1. The predicted octanol–water partition coefficient (Wildman–Crippen LogP) is 1.76. The average molecular weight is 392 g/mol. The third-order valence-electron chi connectivity index (χ3n) is 5.16. The van der Waals surface area contributed by atoms with Crippen LogP contribution in [-0.4, -0.2) is 47.7 Å². The molecule has 10 heteroatoms. The third kappa shape index (κ3) is 3.55. The Kier molecular flexibility index (Phi) is 5.37. The Morgan fingerprint density at radius 1 is 1.38 bits per heavy atom. The lowest BCUT2D eigenvalue weighted by Crippen LogP contribution is -2.52. The van der Waals surface area contributed by atoms with E-state index in [-0.39, 0.29) is 10.6 Å². The van der Waals surface area contributed by atoms with Crippen LogP contribution in [0, 0.1) is 6.92 Å². The van der Waals surface area contributed by atoms with Gasteiger partial charge in [0.25, 0.3) is 5.56 Å². The Morgan fingerprint density at radius 3 is 2.46 bits per heavy atom. The van der Waals surface area contributed by atoms with Crippen LogP contribution in [0.2, 0.25) is 18.1 Å². The van der Waals surface area contributed by atoms with E-state index in [1.165, 1.54) is 6.92 Å². The fourth-order valence-corrected chi connectivity index (χ4v) is 3.81. The van der Waals surface area contributed by atoms with E-state index in [2.05, 4.69) is 0 Å². The van der Waals surface area contributed by atoms with Gasteiger partial charge in [0, 0.05) is 11.8 Å². The summed E-state index contributed by atoms with van der Waals surface area (Å²) in [5.41, 5.74) is -1.56. The second kappa shape index (κ2) is 6.66. The number of halogens is 2. The maximum Gasteiger partial charge on any atom is 0.330 e. The van der Waals surface area contributed by atoms with E-state index >= 15 is 8.78 Å². The van der Waals surface area contributed by atoms with E-state index < -0.39 is 50.5 Å². The number of H-pyrrole nitrogens is 1. The van der Waals surface area contributed by atoms with Gasteiger partial charge in [-0.15, -0.1) is 0 Å². The highest BCUT2D eigenvalue weighted by atomic mass is 28.4.